The minimum Gasteiger partial charge on any atom is -0.352 e. The summed E-state index contributed by atoms with van der Waals surface area (Å²) in [4.78, 5) is 22.8. The second-order valence-electron chi connectivity index (χ2n) is 3.40. The van der Waals surface area contributed by atoms with Gasteiger partial charge in [-0.15, -0.1) is 0 Å². The average molecular weight is 211 g/mol. The lowest BCUT2D eigenvalue weighted by Crippen LogP contribution is -2.26. The molecule has 0 aliphatic carbocycles. The van der Waals surface area contributed by atoms with Gasteiger partial charge >= 0.3 is 0 Å². The highest BCUT2D eigenvalue weighted by atomic mass is 16.2. The van der Waals surface area contributed by atoms with E-state index in [2.05, 4.69) is 10.4 Å². The Morgan fingerprint density at radius 3 is 2.60 bits per heavy atom. The number of carbonyl (C=O) groups excluding carboxylic acids is 1. The zero-order valence-electron chi connectivity index (χ0n) is 9.39. The molecular formula is C10H17N3O2. The molecule has 0 aliphatic rings. The van der Waals surface area contributed by atoms with Crippen molar-refractivity contribution in [1.82, 2.24) is 15.1 Å². The zero-order valence-corrected chi connectivity index (χ0v) is 9.39. The summed E-state index contributed by atoms with van der Waals surface area (Å²) in [6, 6.07) is 0. The number of aromatic nitrogens is 2. The first-order chi connectivity index (χ1) is 7.10. The first kappa shape index (κ1) is 11.6. The maximum atomic E-state index is 11.7. The van der Waals surface area contributed by atoms with E-state index in [4.69, 9.17) is 0 Å². The molecule has 0 radical (unpaired) electrons. The van der Waals surface area contributed by atoms with E-state index in [1.165, 1.54) is 4.68 Å². The Morgan fingerprint density at radius 1 is 1.47 bits per heavy atom. The molecule has 0 atom stereocenters. The van der Waals surface area contributed by atoms with Crippen LogP contribution in [0.1, 0.15) is 31.5 Å². The van der Waals surface area contributed by atoms with Gasteiger partial charge in [0.15, 0.2) is 0 Å². The SMILES string of the molecule is CCC(=O)NCc1c(C)[nH]n(CC)c1=O. The number of nitrogens with one attached hydrogen (secondary N) is 2. The van der Waals surface area contributed by atoms with Crippen molar-refractivity contribution in [3.63, 3.8) is 0 Å². The lowest BCUT2D eigenvalue weighted by Gasteiger charge is -2.00. The maximum absolute atomic E-state index is 11.7. The predicted octanol–water partition coefficient (Wildman–Crippen LogP) is 0.531. The van der Waals surface area contributed by atoms with E-state index >= 15 is 0 Å². The summed E-state index contributed by atoms with van der Waals surface area (Å²) >= 11 is 0. The lowest BCUT2D eigenvalue weighted by atomic mass is 10.2. The zero-order chi connectivity index (χ0) is 11.4. The summed E-state index contributed by atoms with van der Waals surface area (Å²) in [6.45, 7) is 6.43. The highest BCUT2D eigenvalue weighted by Gasteiger charge is 2.10. The molecule has 1 amide bonds. The van der Waals surface area contributed by atoms with Gasteiger partial charge in [-0.05, 0) is 13.8 Å². The summed E-state index contributed by atoms with van der Waals surface area (Å²) in [5.74, 6) is -0.0435. The molecule has 84 valence electrons. The van der Waals surface area contributed by atoms with Gasteiger partial charge in [0, 0.05) is 18.7 Å². The van der Waals surface area contributed by atoms with E-state index in [9.17, 15) is 9.59 Å². The topological polar surface area (TPSA) is 66.9 Å². The molecule has 0 fully saturated rings. The van der Waals surface area contributed by atoms with Gasteiger partial charge in [0.25, 0.3) is 5.56 Å². The summed E-state index contributed by atoms with van der Waals surface area (Å²) in [7, 11) is 0. The van der Waals surface area contributed by atoms with Gasteiger partial charge in [0.05, 0.1) is 12.1 Å². The van der Waals surface area contributed by atoms with Crippen molar-refractivity contribution in [3.8, 4) is 0 Å². The van der Waals surface area contributed by atoms with E-state index in [0.717, 1.165) is 5.69 Å². The second-order valence-corrected chi connectivity index (χ2v) is 3.40. The van der Waals surface area contributed by atoms with Crippen LogP contribution < -0.4 is 10.9 Å². The van der Waals surface area contributed by atoms with Gasteiger partial charge < -0.3 is 5.32 Å². The fourth-order valence-corrected chi connectivity index (χ4v) is 1.39. The molecule has 15 heavy (non-hydrogen) atoms. The summed E-state index contributed by atoms with van der Waals surface area (Å²) in [5.41, 5.74) is 1.41. The molecule has 0 saturated heterocycles. The van der Waals surface area contributed by atoms with Crippen LogP contribution in [0, 0.1) is 6.92 Å². The van der Waals surface area contributed by atoms with Crippen LogP contribution in [0.4, 0.5) is 0 Å². The Morgan fingerprint density at radius 2 is 2.13 bits per heavy atom. The Bertz CT molecular complexity index is 403. The van der Waals surface area contributed by atoms with Crippen LogP contribution in [0.2, 0.25) is 0 Å². The standard InChI is InChI=1S/C10H17N3O2/c1-4-9(14)11-6-8-7(3)12-13(5-2)10(8)15/h12H,4-6H2,1-3H3,(H,11,14). The van der Waals surface area contributed by atoms with Crippen molar-refractivity contribution in [2.75, 3.05) is 0 Å². The van der Waals surface area contributed by atoms with Crippen molar-refractivity contribution in [3.05, 3.63) is 21.6 Å². The van der Waals surface area contributed by atoms with Gasteiger partial charge in [-0.2, -0.15) is 0 Å². The average Bonchev–Trinajstić information content (AvgIpc) is 2.51. The molecule has 0 aliphatic heterocycles. The number of hydrogen-bond donors (Lipinski definition) is 2. The second kappa shape index (κ2) is 4.82. The van der Waals surface area contributed by atoms with Gasteiger partial charge in [-0.3, -0.25) is 19.4 Å². The number of rotatable bonds is 4. The van der Waals surface area contributed by atoms with Crippen LogP contribution in [-0.2, 0) is 17.9 Å². The molecule has 0 aromatic carbocycles. The van der Waals surface area contributed by atoms with E-state index in [-0.39, 0.29) is 11.5 Å². The monoisotopic (exact) mass is 211 g/mol. The summed E-state index contributed by atoms with van der Waals surface area (Å²) in [6.07, 6.45) is 0.436. The predicted molar refractivity (Wildman–Crippen MR) is 57.6 cm³/mol. The van der Waals surface area contributed by atoms with Crippen LogP contribution in [0.15, 0.2) is 4.79 Å². The molecule has 5 nitrogen and oxygen atoms in total. The highest BCUT2D eigenvalue weighted by Crippen LogP contribution is 1.98. The van der Waals surface area contributed by atoms with E-state index in [1.54, 1.807) is 6.92 Å². The van der Waals surface area contributed by atoms with Crippen molar-refractivity contribution in [1.29, 1.82) is 0 Å². The largest absolute Gasteiger partial charge is 0.352 e. The molecule has 1 heterocycles. The fraction of sp³-hybridized carbons (Fsp3) is 0.600. The number of nitrogens with zero attached hydrogens (tertiary/aromatic N) is 1. The molecule has 1 aromatic rings. The van der Waals surface area contributed by atoms with E-state index in [0.29, 0.717) is 25.1 Å². The molecule has 0 bridgehead atoms. The van der Waals surface area contributed by atoms with Crippen molar-refractivity contribution in [2.45, 2.75) is 40.3 Å². The molecule has 0 saturated carbocycles. The third-order valence-electron chi connectivity index (χ3n) is 2.36. The number of amides is 1. The number of H-pyrrole nitrogens is 1. The van der Waals surface area contributed by atoms with Gasteiger partial charge in [-0.1, -0.05) is 6.92 Å². The van der Waals surface area contributed by atoms with Gasteiger partial charge in [0.2, 0.25) is 5.91 Å². The van der Waals surface area contributed by atoms with Gasteiger partial charge in [-0.25, -0.2) is 0 Å². The summed E-state index contributed by atoms with van der Waals surface area (Å²) in [5, 5.41) is 5.65. The molecule has 0 spiro atoms. The molecule has 2 N–H and O–H groups in total. The number of hydrogen-bond acceptors (Lipinski definition) is 2. The normalized spacial score (nSPS) is 10.3. The number of carbonyl (C=O) groups is 1. The maximum Gasteiger partial charge on any atom is 0.271 e. The minimum absolute atomic E-state index is 0.0435. The van der Waals surface area contributed by atoms with Crippen molar-refractivity contribution >= 4 is 5.91 Å². The molecule has 1 aromatic heterocycles. The Balaban J connectivity index is 2.81. The number of aromatic amines is 1. The molecular weight excluding hydrogens is 194 g/mol. The van der Waals surface area contributed by atoms with E-state index in [1.807, 2.05) is 13.8 Å². The Labute approximate surface area is 88.5 Å². The van der Waals surface area contributed by atoms with Gasteiger partial charge in [0.1, 0.15) is 0 Å². The smallest absolute Gasteiger partial charge is 0.271 e. The van der Waals surface area contributed by atoms with Crippen molar-refractivity contribution in [2.24, 2.45) is 0 Å². The third kappa shape index (κ3) is 2.49. The van der Waals surface area contributed by atoms with E-state index < -0.39 is 0 Å². The first-order valence-electron chi connectivity index (χ1n) is 5.15. The first-order valence-corrected chi connectivity index (χ1v) is 5.15. The lowest BCUT2D eigenvalue weighted by molar-refractivity contribution is -0.120. The summed E-state index contributed by atoms with van der Waals surface area (Å²) < 4.78 is 1.53. The Hall–Kier alpha value is -1.52. The van der Waals surface area contributed by atoms with Crippen LogP contribution >= 0.6 is 0 Å². The highest BCUT2D eigenvalue weighted by molar-refractivity contribution is 5.75. The van der Waals surface area contributed by atoms with Crippen LogP contribution in [0.5, 0.6) is 0 Å². The molecule has 5 heteroatoms. The van der Waals surface area contributed by atoms with Crippen LogP contribution in [0.3, 0.4) is 0 Å². The minimum atomic E-state index is -0.0496. The van der Waals surface area contributed by atoms with Crippen molar-refractivity contribution < 1.29 is 4.79 Å². The number of aryl methyl sites for hydroxylation is 2. The van der Waals surface area contributed by atoms with Crippen LogP contribution in [0.25, 0.3) is 0 Å². The van der Waals surface area contributed by atoms with Crippen LogP contribution in [-0.4, -0.2) is 15.7 Å². The fourth-order valence-electron chi connectivity index (χ4n) is 1.39. The molecule has 1 rings (SSSR count). The Kier molecular flexibility index (Phi) is 3.71. The quantitative estimate of drug-likeness (QED) is 0.763. The molecule has 0 unspecified atom stereocenters. The third-order valence-corrected chi connectivity index (χ3v) is 2.36.